The Bertz CT molecular complexity index is 289. The van der Waals surface area contributed by atoms with E-state index in [2.05, 4.69) is 31.1 Å². The third kappa shape index (κ3) is 11.1. The zero-order valence-electron chi connectivity index (χ0n) is 10.8. The molecular weight excluding hydrogens is 216 g/mol. The summed E-state index contributed by atoms with van der Waals surface area (Å²) in [5.41, 5.74) is 3.32. The Kier molecular flexibility index (Phi) is 7.66. The highest BCUT2D eigenvalue weighted by Crippen LogP contribution is 1.99. The van der Waals surface area contributed by atoms with Crippen LogP contribution in [0.2, 0.25) is 19.6 Å². The highest BCUT2D eigenvalue weighted by molar-refractivity contribution is 6.83. The quantitative estimate of drug-likeness (QED) is 0.241. The number of rotatable bonds is 5. The van der Waals surface area contributed by atoms with Crippen LogP contribution in [-0.2, 0) is 9.53 Å². The Balaban J connectivity index is 3.53. The van der Waals surface area contributed by atoms with Gasteiger partial charge >= 0.3 is 5.97 Å². The molecule has 0 aliphatic rings. The van der Waals surface area contributed by atoms with Crippen LogP contribution in [0.5, 0.6) is 0 Å². The van der Waals surface area contributed by atoms with Gasteiger partial charge in [0.15, 0.2) is 0 Å². The normalized spacial score (nSPS) is 11.0. The largest absolute Gasteiger partial charge is 0.435 e. The van der Waals surface area contributed by atoms with Crippen molar-refractivity contribution in [3.63, 3.8) is 0 Å². The van der Waals surface area contributed by atoms with Crippen molar-refractivity contribution >= 4 is 14.0 Å². The minimum atomic E-state index is -1.20. The first kappa shape index (κ1) is 15.0. The first-order valence-corrected chi connectivity index (χ1v) is 9.30. The van der Waals surface area contributed by atoms with Gasteiger partial charge in [-0.3, -0.25) is 4.79 Å². The summed E-state index contributed by atoms with van der Waals surface area (Å²) in [5.74, 6) is 3.02. The van der Waals surface area contributed by atoms with Crippen molar-refractivity contribution < 1.29 is 9.53 Å². The molecule has 0 aromatic heterocycles. The fourth-order valence-corrected chi connectivity index (χ4v) is 1.57. The predicted molar refractivity (Wildman–Crippen MR) is 70.5 cm³/mol. The van der Waals surface area contributed by atoms with E-state index in [9.17, 15) is 4.79 Å². The molecule has 0 atom stereocenters. The molecule has 0 aliphatic carbocycles. The Morgan fingerprint density at radius 2 is 2.06 bits per heavy atom. The zero-order chi connectivity index (χ0) is 12.4. The summed E-state index contributed by atoms with van der Waals surface area (Å²) < 4.78 is 4.80. The standard InChI is InChI=1S/C13H22O2Si/c1-5-13(14)15-11-9-7-6-8-10-12-16(2,3)4/h9,11H,5-8H2,1-4H3/b11-9-. The van der Waals surface area contributed by atoms with Crippen LogP contribution < -0.4 is 0 Å². The fraction of sp³-hybridized carbons (Fsp3) is 0.615. The molecule has 0 saturated carbocycles. The van der Waals surface area contributed by atoms with Crippen LogP contribution in [0.4, 0.5) is 0 Å². The van der Waals surface area contributed by atoms with Crippen LogP contribution in [0.3, 0.4) is 0 Å². The molecule has 2 nitrogen and oxygen atoms in total. The van der Waals surface area contributed by atoms with Crippen molar-refractivity contribution in [2.45, 2.75) is 52.2 Å². The highest BCUT2D eigenvalue weighted by atomic mass is 28.3. The third-order valence-electron chi connectivity index (χ3n) is 1.72. The monoisotopic (exact) mass is 238 g/mol. The van der Waals surface area contributed by atoms with Gasteiger partial charge in [-0.15, -0.1) is 11.5 Å². The van der Waals surface area contributed by atoms with Crippen molar-refractivity contribution in [3.05, 3.63) is 12.3 Å². The van der Waals surface area contributed by atoms with Gasteiger partial charge in [-0.25, -0.2) is 0 Å². The summed E-state index contributed by atoms with van der Waals surface area (Å²) in [6.07, 6.45) is 6.65. The van der Waals surface area contributed by atoms with Crippen LogP contribution >= 0.6 is 0 Å². The van der Waals surface area contributed by atoms with Crippen LogP contribution in [0.1, 0.15) is 32.6 Å². The number of carbonyl (C=O) groups is 1. The zero-order valence-corrected chi connectivity index (χ0v) is 11.8. The van der Waals surface area contributed by atoms with Gasteiger partial charge in [-0.05, 0) is 18.9 Å². The second kappa shape index (κ2) is 8.18. The predicted octanol–water partition coefficient (Wildman–Crippen LogP) is 3.50. The number of hydrogen-bond acceptors (Lipinski definition) is 2. The molecule has 0 fully saturated rings. The Morgan fingerprint density at radius 1 is 1.38 bits per heavy atom. The van der Waals surface area contributed by atoms with E-state index in [1.807, 2.05) is 6.08 Å². The van der Waals surface area contributed by atoms with Crippen LogP contribution in [0.15, 0.2) is 12.3 Å². The average Bonchev–Trinajstić information content (AvgIpc) is 2.20. The molecule has 0 N–H and O–H groups in total. The molecule has 0 aromatic rings. The lowest BCUT2D eigenvalue weighted by Gasteiger charge is -2.02. The van der Waals surface area contributed by atoms with Gasteiger partial charge in [-0.1, -0.05) is 26.6 Å². The summed E-state index contributed by atoms with van der Waals surface area (Å²) in [7, 11) is -1.20. The van der Waals surface area contributed by atoms with E-state index in [1.165, 1.54) is 6.26 Å². The second-order valence-electron chi connectivity index (χ2n) is 4.66. The molecule has 0 spiro atoms. The van der Waals surface area contributed by atoms with Gasteiger partial charge in [0.25, 0.3) is 0 Å². The van der Waals surface area contributed by atoms with Gasteiger partial charge in [0.05, 0.1) is 6.26 Å². The summed E-state index contributed by atoms with van der Waals surface area (Å²) in [6.45, 7) is 8.50. The number of carbonyl (C=O) groups excluding carboxylic acids is 1. The summed E-state index contributed by atoms with van der Waals surface area (Å²) in [4.78, 5) is 10.8. The molecule has 0 amide bonds. The van der Waals surface area contributed by atoms with Crippen molar-refractivity contribution in [1.29, 1.82) is 0 Å². The Hall–Kier alpha value is -1.01. The van der Waals surface area contributed by atoms with Crippen LogP contribution in [0.25, 0.3) is 0 Å². The van der Waals surface area contributed by atoms with E-state index in [1.54, 1.807) is 6.92 Å². The molecule has 0 unspecified atom stereocenters. The van der Waals surface area contributed by atoms with E-state index in [-0.39, 0.29) is 5.97 Å². The molecule has 0 radical (unpaired) electrons. The minimum absolute atomic E-state index is 0.185. The molecule has 0 heterocycles. The molecule has 0 saturated heterocycles. The fourth-order valence-electron chi connectivity index (χ4n) is 0.911. The van der Waals surface area contributed by atoms with E-state index < -0.39 is 8.07 Å². The molecule has 90 valence electrons. The van der Waals surface area contributed by atoms with E-state index in [4.69, 9.17) is 4.74 Å². The summed E-state index contributed by atoms with van der Waals surface area (Å²) >= 11 is 0. The maximum Gasteiger partial charge on any atom is 0.310 e. The molecule has 0 bridgehead atoms. The number of ether oxygens (including phenoxy) is 1. The first-order valence-electron chi connectivity index (χ1n) is 5.80. The Morgan fingerprint density at radius 3 is 2.62 bits per heavy atom. The van der Waals surface area contributed by atoms with Gasteiger partial charge in [0.1, 0.15) is 8.07 Å². The van der Waals surface area contributed by atoms with Gasteiger partial charge in [0, 0.05) is 12.8 Å². The van der Waals surface area contributed by atoms with Crippen molar-refractivity contribution in [2.75, 3.05) is 0 Å². The van der Waals surface area contributed by atoms with Gasteiger partial charge < -0.3 is 4.74 Å². The maximum atomic E-state index is 10.8. The molecule has 0 aromatic carbocycles. The SMILES string of the molecule is CCC(=O)O/C=C\CCCC#C[Si](C)(C)C. The molecule has 16 heavy (non-hydrogen) atoms. The van der Waals surface area contributed by atoms with E-state index >= 15 is 0 Å². The van der Waals surface area contributed by atoms with E-state index in [0.29, 0.717) is 6.42 Å². The van der Waals surface area contributed by atoms with Crippen molar-refractivity contribution in [1.82, 2.24) is 0 Å². The number of esters is 1. The third-order valence-corrected chi connectivity index (χ3v) is 2.65. The second-order valence-corrected chi connectivity index (χ2v) is 9.41. The smallest absolute Gasteiger partial charge is 0.310 e. The molecule has 0 rings (SSSR count). The van der Waals surface area contributed by atoms with Crippen molar-refractivity contribution in [3.8, 4) is 11.5 Å². The lowest BCUT2D eigenvalue weighted by Crippen LogP contribution is -2.16. The lowest BCUT2D eigenvalue weighted by atomic mass is 10.2. The van der Waals surface area contributed by atoms with Gasteiger partial charge in [-0.2, -0.15) is 0 Å². The lowest BCUT2D eigenvalue weighted by molar-refractivity contribution is -0.137. The number of hydrogen-bond donors (Lipinski definition) is 0. The summed E-state index contributed by atoms with van der Waals surface area (Å²) in [6, 6.07) is 0. The highest BCUT2D eigenvalue weighted by Gasteiger charge is 2.06. The minimum Gasteiger partial charge on any atom is -0.435 e. The number of unbranched alkanes of at least 4 members (excludes halogenated alkanes) is 2. The van der Waals surface area contributed by atoms with E-state index in [0.717, 1.165) is 19.3 Å². The molecular formula is C13H22O2Si. The average molecular weight is 238 g/mol. The summed E-state index contributed by atoms with van der Waals surface area (Å²) in [5, 5.41) is 0. The molecule has 0 aliphatic heterocycles. The topological polar surface area (TPSA) is 26.3 Å². The Labute approximate surface area is 100 Å². The molecule has 3 heteroatoms. The first-order chi connectivity index (χ1) is 7.45. The van der Waals surface area contributed by atoms with Crippen molar-refractivity contribution in [2.24, 2.45) is 0 Å². The van der Waals surface area contributed by atoms with Crippen LogP contribution in [-0.4, -0.2) is 14.0 Å². The van der Waals surface area contributed by atoms with Crippen LogP contribution in [0, 0.1) is 11.5 Å². The maximum absolute atomic E-state index is 10.8. The number of allylic oxidation sites excluding steroid dienone is 1. The van der Waals surface area contributed by atoms with Gasteiger partial charge in [0.2, 0.25) is 0 Å².